The van der Waals surface area contributed by atoms with E-state index in [-0.39, 0.29) is 17.1 Å². The van der Waals surface area contributed by atoms with Crippen molar-refractivity contribution in [2.45, 2.75) is 30.6 Å². The lowest BCUT2D eigenvalue weighted by molar-refractivity contribution is -0.117. The molecule has 0 fully saturated rings. The molecule has 12 heteroatoms. The Morgan fingerprint density at radius 1 is 1.39 bits per heavy atom. The van der Waals surface area contributed by atoms with Gasteiger partial charge < -0.3 is 4.74 Å². The van der Waals surface area contributed by atoms with E-state index in [1.54, 1.807) is 19.1 Å². The molecule has 0 saturated carbocycles. The summed E-state index contributed by atoms with van der Waals surface area (Å²) in [5.41, 5.74) is 0.273. The van der Waals surface area contributed by atoms with E-state index in [1.807, 2.05) is 6.92 Å². The van der Waals surface area contributed by atoms with Gasteiger partial charge in [0.2, 0.25) is 21.1 Å². The zero-order valence-corrected chi connectivity index (χ0v) is 19.0. The molecule has 1 unspecified atom stereocenters. The second-order valence-electron chi connectivity index (χ2n) is 5.60. The van der Waals surface area contributed by atoms with Crippen LogP contribution < -0.4 is 14.4 Å². The van der Waals surface area contributed by atoms with Gasteiger partial charge in [-0.15, -0.1) is 10.2 Å². The molecule has 0 aliphatic heterocycles. The Hall–Kier alpha value is -1.56. The lowest BCUT2D eigenvalue weighted by Gasteiger charge is -2.30. The maximum Gasteiger partial charge on any atom is 0.250 e. The maximum atomic E-state index is 12.8. The highest BCUT2D eigenvalue weighted by Gasteiger charge is 2.32. The topological polar surface area (TPSA) is 101 Å². The molecule has 28 heavy (non-hydrogen) atoms. The van der Waals surface area contributed by atoms with Gasteiger partial charge in [-0.1, -0.05) is 48.5 Å². The summed E-state index contributed by atoms with van der Waals surface area (Å²) in [6.45, 7) is 3.72. The predicted octanol–water partition coefficient (Wildman–Crippen LogP) is 3.50. The van der Waals surface area contributed by atoms with E-state index < -0.39 is 22.0 Å². The van der Waals surface area contributed by atoms with Gasteiger partial charge in [0.1, 0.15) is 11.8 Å². The Balaban J connectivity index is 2.34. The van der Waals surface area contributed by atoms with Crippen LogP contribution in [0.3, 0.4) is 0 Å². The molecule has 2 aromatic rings. The summed E-state index contributed by atoms with van der Waals surface area (Å²) < 4.78 is 31.9. The van der Waals surface area contributed by atoms with Crippen molar-refractivity contribution in [2.24, 2.45) is 0 Å². The lowest BCUT2D eigenvalue weighted by Crippen LogP contribution is -2.47. The first kappa shape index (κ1) is 22.7. The van der Waals surface area contributed by atoms with Crippen molar-refractivity contribution in [3.63, 3.8) is 0 Å². The molecular weight excluding hydrogens is 444 g/mol. The lowest BCUT2D eigenvalue weighted by atomic mass is 10.2. The number of carbonyl (C=O) groups is 1. The molecule has 1 aromatic heterocycles. The van der Waals surface area contributed by atoms with Crippen LogP contribution in [0, 0.1) is 0 Å². The highest BCUT2D eigenvalue weighted by molar-refractivity contribution is 8.01. The number of aromatic nitrogens is 2. The number of hydrogen-bond donors (Lipinski definition) is 1. The first-order valence-electron chi connectivity index (χ1n) is 8.31. The Labute approximate surface area is 177 Å². The SMILES string of the molecule is CCSc1nnc(NC(=O)C(CC)N(c2ccc(OC)c(Cl)c2)S(C)(=O)=O)s1. The monoisotopic (exact) mass is 464 g/mol. The number of benzene rings is 1. The van der Waals surface area contributed by atoms with Crippen LogP contribution in [0.2, 0.25) is 5.02 Å². The number of halogens is 1. The Morgan fingerprint density at radius 3 is 2.64 bits per heavy atom. The largest absolute Gasteiger partial charge is 0.495 e. The van der Waals surface area contributed by atoms with Crippen molar-refractivity contribution in [1.82, 2.24) is 10.2 Å². The van der Waals surface area contributed by atoms with Crippen molar-refractivity contribution in [1.29, 1.82) is 0 Å². The number of amides is 1. The minimum absolute atomic E-state index is 0.245. The Morgan fingerprint density at radius 2 is 2.11 bits per heavy atom. The van der Waals surface area contributed by atoms with Crippen LogP contribution in [0.5, 0.6) is 5.75 Å². The van der Waals surface area contributed by atoms with Gasteiger partial charge in [0.05, 0.1) is 24.1 Å². The molecule has 154 valence electrons. The number of ether oxygens (including phenoxy) is 1. The number of anilines is 2. The maximum absolute atomic E-state index is 12.8. The third-order valence-electron chi connectivity index (χ3n) is 3.62. The number of sulfonamides is 1. The van der Waals surface area contributed by atoms with E-state index in [9.17, 15) is 13.2 Å². The highest BCUT2D eigenvalue weighted by Crippen LogP contribution is 2.32. The average molecular weight is 465 g/mol. The zero-order valence-electron chi connectivity index (χ0n) is 15.8. The standard InChI is InChI=1S/C16H21ClN4O4S3/c1-5-12(14(22)18-15-19-20-16(27-15)26-6-2)21(28(4,23)24)10-7-8-13(25-3)11(17)9-10/h7-9,12H,5-6H2,1-4H3,(H,18,19,22). The number of hydrogen-bond acceptors (Lipinski definition) is 8. The quantitative estimate of drug-likeness (QED) is 0.447. The van der Waals surface area contributed by atoms with E-state index >= 15 is 0 Å². The van der Waals surface area contributed by atoms with Crippen LogP contribution in [0.25, 0.3) is 0 Å². The van der Waals surface area contributed by atoms with Gasteiger partial charge in [0, 0.05) is 0 Å². The van der Waals surface area contributed by atoms with E-state index in [0.717, 1.165) is 20.7 Å². The van der Waals surface area contributed by atoms with Gasteiger partial charge >= 0.3 is 0 Å². The molecule has 0 aliphatic carbocycles. The predicted molar refractivity (Wildman–Crippen MR) is 114 cm³/mol. The van der Waals surface area contributed by atoms with Crippen molar-refractivity contribution < 1.29 is 17.9 Å². The first-order chi connectivity index (χ1) is 13.2. The van der Waals surface area contributed by atoms with Crippen LogP contribution in [0.4, 0.5) is 10.8 Å². The number of methoxy groups -OCH3 is 1. The van der Waals surface area contributed by atoms with Crippen molar-refractivity contribution in [3.8, 4) is 5.75 Å². The molecule has 0 bridgehead atoms. The van der Waals surface area contributed by atoms with Gasteiger partial charge in [-0.2, -0.15) is 0 Å². The molecule has 2 rings (SSSR count). The molecule has 0 spiro atoms. The molecule has 1 heterocycles. The summed E-state index contributed by atoms with van der Waals surface area (Å²) in [4.78, 5) is 12.8. The molecule has 0 aliphatic rings. The van der Waals surface area contributed by atoms with Crippen molar-refractivity contribution >= 4 is 61.4 Å². The molecule has 1 amide bonds. The Bertz CT molecular complexity index is 936. The number of rotatable bonds is 9. The Kier molecular flexibility index (Phi) is 7.93. The summed E-state index contributed by atoms with van der Waals surface area (Å²) in [7, 11) is -2.31. The highest BCUT2D eigenvalue weighted by atomic mass is 35.5. The molecule has 0 saturated heterocycles. The molecular formula is C16H21ClN4O4S3. The minimum Gasteiger partial charge on any atom is -0.495 e. The second kappa shape index (κ2) is 9.77. The van der Waals surface area contributed by atoms with E-state index in [4.69, 9.17) is 16.3 Å². The van der Waals surface area contributed by atoms with E-state index in [2.05, 4.69) is 15.5 Å². The van der Waals surface area contributed by atoms with Crippen LogP contribution >= 0.6 is 34.7 Å². The van der Waals surface area contributed by atoms with Crippen molar-refractivity contribution in [3.05, 3.63) is 23.2 Å². The summed E-state index contributed by atoms with van der Waals surface area (Å²) in [6, 6.07) is 3.58. The second-order valence-corrected chi connectivity index (χ2v) is 10.4. The summed E-state index contributed by atoms with van der Waals surface area (Å²) in [5.74, 6) is 0.746. The number of carbonyl (C=O) groups excluding carboxylic acids is 1. The third kappa shape index (κ3) is 5.49. The van der Waals surface area contributed by atoms with Crippen molar-refractivity contribution in [2.75, 3.05) is 28.7 Å². The number of nitrogens with one attached hydrogen (secondary N) is 1. The fourth-order valence-electron chi connectivity index (χ4n) is 2.48. The average Bonchev–Trinajstić information content (AvgIpc) is 3.05. The summed E-state index contributed by atoms with van der Waals surface area (Å²) >= 11 is 8.90. The van der Waals surface area contributed by atoms with Crippen LogP contribution in [0.1, 0.15) is 20.3 Å². The van der Waals surface area contributed by atoms with Gasteiger partial charge in [-0.05, 0) is 30.4 Å². The smallest absolute Gasteiger partial charge is 0.250 e. The first-order valence-corrected chi connectivity index (χ1v) is 12.3. The molecule has 1 N–H and O–H groups in total. The minimum atomic E-state index is -3.77. The molecule has 0 radical (unpaired) electrons. The zero-order chi connectivity index (χ0) is 20.9. The van der Waals surface area contributed by atoms with Gasteiger partial charge in [-0.25, -0.2) is 8.42 Å². The van der Waals surface area contributed by atoms with E-state index in [0.29, 0.717) is 10.9 Å². The van der Waals surface area contributed by atoms with Gasteiger partial charge in [0.25, 0.3) is 0 Å². The fourth-order valence-corrected chi connectivity index (χ4v) is 5.59. The fraction of sp³-hybridized carbons (Fsp3) is 0.438. The normalized spacial score (nSPS) is 12.5. The molecule has 1 atom stereocenters. The van der Waals surface area contributed by atoms with E-state index in [1.165, 1.54) is 36.3 Å². The third-order valence-corrected chi connectivity index (χ3v) is 6.95. The summed E-state index contributed by atoms with van der Waals surface area (Å²) in [6.07, 6.45) is 1.29. The van der Waals surface area contributed by atoms with Crippen LogP contribution in [-0.2, 0) is 14.8 Å². The molecule has 8 nitrogen and oxygen atoms in total. The van der Waals surface area contributed by atoms with Crippen LogP contribution in [-0.4, -0.2) is 49.7 Å². The number of thioether (sulfide) groups is 1. The number of nitrogens with zero attached hydrogens (tertiary/aromatic N) is 3. The van der Waals surface area contributed by atoms with Gasteiger partial charge in [-0.3, -0.25) is 14.4 Å². The summed E-state index contributed by atoms with van der Waals surface area (Å²) in [5, 5.41) is 11.1. The van der Waals surface area contributed by atoms with Gasteiger partial charge in [0.15, 0.2) is 4.34 Å². The van der Waals surface area contributed by atoms with Crippen LogP contribution in [0.15, 0.2) is 22.5 Å². The molecule has 1 aromatic carbocycles.